The van der Waals surface area contributed by atoms with Crippen LogP contribution < -0.4 is 0 Å². The molecule has 0 radical (unpaired) electrons. The lowest BCUT2D eigenvalue weighted by molar-refractivity contribution is -0.167. The number of ketones is 1. The number of ether oxygens (including phenoxy) is 1. The monoisotopic (exact) mass is 210 g/mol. The molecule has 0 spiro atoms. The Balaban J connectivity index is 2.54. The van der Waals surface area contributed by atoms with Crippen LogP contribution in [0.4, 0.5) is 0 Å². The fourth-order valence-electron chi connectivity index (χ4n) is 3.13. The second kappa shape index (κ2) is 2.63. The van der Waals surface area contributed by atoms with Gasteiger partial charge in [-0.25, -0.2) is 0 Å². The van der Waals surface area contributed by atoms with Crippen LogP contribution in [0.15, 0.2) is 0 Å². The molecule has 2 fully saturated rings. The molecule has 15 heavy (non-hydrogen) atoms. The van der Waals surface area contributed by atoms with Crippen LogP contribution in [0.5, 0.6) is 0 Å². The van der Waals surface area contributed by atoms with E-state index in [0.717, 1.165) is 6.42 Å². The first kappa shape index (κ1) is 10.7. The summed E-state index contributed by atoms with van der Waals surface area (Å²) in [5.41, 5.74) is -1.68. The third kappa shape index (κ3) is 0.876. The van der Waals surface area contributed by atoms with Crippen LogP contribution in [0.3, 0.4) is 0 Å². The minimum absolute atomic E-state index is 0.0714. The SMILES string of the molecule is CCC(=O)C12CCC(C)(C(=O)O1)C2(C)C. The highest BCUT2D eigenvalue weighted by Crippen LogP contribution is 2.65. The first-order chi connectivity index (χ1) is 6.82. The molecular weight excluding hydrogens is 192 g/mol. The molecule has 1 heterocycles. The van der Waals surface area contributed by atoms with Crippen molar-refractivity contribution in [3.63, 3.8) is 0 Å². The van der Waals surface area contributed by atoms with Gasteiger partial charge in [0.15, 0.2) is 11.4 Å². The average Bonchev–Trinajstić information content (AvgIpc) is 2.47. The van der Waals surface area contributed by atoms with E-state index in [1.807, 2.05) is 27.7 Å². The largest absolute Gasteiger partial charge is 0.450 e. The Morgan fingerprint density at radius 3 is 2.27 bits per heavy atom. The zero-order valence-corrected chi connectivity index (χ0v) is 9.85. The van der Waals surface area contributed by atoms with E-state index in [4.69, 9.17) is 4.74 Å². The van der Waals surface area contributed by atoms with E-state index in [1.54, 1.807) is 0 Å². The molecule has 1 aliphatic heterocycles. The molecule has 1 saturated heterocycles. The predicted octanol–water partition coefficient (Wildman–Crippen LogP) is 2.09. The summed E-state index contributed by atoms with van der Waals surface area (Å²) < 4.78 is 5.43. The summed E-state index contributed by atoms with van der Waals surface area (Å²) in [6, 6.07) is 0. The molecule has 0 aromatic heterocycles. The average molecular weight is 210 g/mol. The van der Waals surface area contributed by atoms with Crippen LogP contribution in [-0.4, -0.2) is 17.4 Å². The molecule has 3 heteroatoms. The number of carbonyl (C=O) groups excluding carboxylic acids is 2. The van der Waals surface area contributed by atoms with Crippen LogP contribution >= 0.6 is 0 Å². The summed E-state index contributed by atoms with van der Waals surface area (Å²) in [5, 5.41) is 0. The molecule has 2 atom stereocenters. The third-order valence-corrected chi connectivity index (χ3v) is 4.86. The summed E-state index contributed by atoms with van der Waals surface area (Å²) >= 11 is 0. The normalized spacial score (nSPS) is 41.7. The topological polar surface area (TPSA) is 43.4 Å². The summed E-state index contributed by atoms with van der Waals surface area (Å²) in [6.07, 6.45) is 1.90. The van der Waals surface area contributed by atoms with Crippen molar-refractivity contribution in [3.05, 3.63) is 0 Å². The van der Waals surface area contributed by atoms with Crippen LogP contribution in [0.25, 0.3) is 0 Å². The Bertz CT molecular complexity index is 345. The van der Waals surface area contributed by atoms with Crippen LogP contribution in [0.1, 0.15) is 47.0 Å². The number of fused-ring (bicyclic) bond motifs is 2. The number of hydrogen-bond donors (Lipinski definition) is 0. The van der Waals surface area contributed by atoms with Gasteiger partial charge in [-0.3, -0.25) is 9.59 Å². The predicted molar refractivity (Wildman–Crippen MR) is 55.2 cm³/mol. The van der Waals surface area contributed by atoms with Gasteiger partial charge < -0.3 is 4.74 Å². The summed E-state index contributed by atoms with van der Waals surface area (Å²) in [4.78, 5) is 23.8. The van der Waals surface area contributed by atoms with E-state index in [0.29, 0.717) is 12.8 Å². The van der Waals surface area contributed by atoms with Crippen molar-refractivity contribution in [1.82, 2.24) is 0 Å². The molecule has 1 saturated carbocycles. The fourth-order valence-corrected chi connectivity index (χ4v) is 3.13. The fraction of sp³-hybridized carbons (Fsp3) is 0.833. The minimum Gasteiger partial charge on any atom is -0.450 e. The van der Waals surface area contributed by atoms with Crippen molar-refractivity contribution in [2.24, 2.45) is 10.8 Å². The van der Waals surface area contributed by atoms with Crippen molar-refractivity contribution in [3.8, 4) is 0 Å². The molecule has 2 rings (SSSR count). The molecule has 0 aromatic carbocycles. The minimum atomic E-state index is -0.840. The second-order valence-corrected chi connectivity index (χ2v) is 5.45. The molecule has 2 aliphatic rings. The Morgan fingerprint density at radius 2 is 1.93 bits per heavy atom. The first-order valence-corrected chi connectivity index (χ1v) is 5.58. The summed E-state index contributed by atoms with van der Waals surface area (Å²) in [5.74, 6) is -0.123. The molecule has 2 bridgehead atoms. The first-order valence-electron chi connectivity index (χ1n) is 5.58. The van der Waals surface area contributed by atoms with E-state index >= 15 is 0 Å². The molecule has 0 amide bonds. The maximum Gasteiger partial charge on any atom is 0.313 e. The lowest BCUT2D eigenvalue weighted by Gasteiger charge is -2.35. The van der Waals surface area contributed by atoms with Gasteiger partial charge in [-0.1, -0.05) is 20.8 Å². The van der Waals surface area contributed by atoms with Gasteiger partial charge in [-0.15, -0.1) is 0 Å². The molecule has 84 valence electrons. The maximum atomic E-state index is 12.0. The zero-order chi connectivity index (χ0) is 11.5. The highest BCUT2D eigenvalue weighted by atomic mass is 16.6. The quantitative estimate of drug-likeness (QED) is 0.655. The van der Waals surface area contributed by atoms with Gasteiger partial charge in [0, 0.05) is 11.8 Å². The van der Waals surface area contributed by atoms with Crippen molar-refractivity contribution in [2.75, 3.05) is 0 Å². The van der Waals surface area contributed by atoms with Crippen molar-refractivity contribution >= 4 is 11.8 Å². The highest BCUT2D eigenvalue weighted by Gasteiger charge is 2.74. The molecule has 0 N–H and O–H groups in total. The van der Waals surface area contributed by atoms with Crippen LogP contribution in [0, 0.1) is 10.8 Å². The standard InChI is InChI=1S/C12H18O3/c1-5-8(13)12-7-6-11(4,9(14)15-12)10(12,2)3/h5-7H2,1-4H3. The van der Waals surface area contributed by atoms with E-state index in [2.05, 4.69) is 0 Å². The van der Waals surface area contributed by atoms with Gasteiger partial charge in [0.25, 0.3) is 0 Å². The van der Waals surface area contributed by atoms with E-state index in [9.17, 15) is 9.59 Å². The smallest absolute Gasteiger partial charge is 0.313 e. The summed E-state index contributed by atoms with van der Waals surface area (Å²) in [7, 11) is 0. The van der Waals surface area contributed by atoms with E-state index in [1.165, 1.54) is 0 Å². The zero-order valence-electron chi connectivity index (χ0n) is 9.85. The third-order valence-electron chi connectivity index (χ3n) is 4.86. The van der Waals surface area contributed by atoms with Gasteiger partial charge in [0.1, 0.15) is 0 Å². The molecule has 2 unspecified atom stereocenters. The molecule has 1 aliphatic carbocycles. The van der Waals surface area contributed by atoms with Gasteiger partial charge >= 0.3 is 5.97 Å². The Hall–Kier alpha value is -0.860. The van der Waals surface area contributed by atoms with E-state index in [-0.39, 0.29) is 17.2 Å². The van der Waals surface area contributed by atoms with E-state index < -0.39 is 11.0 Å². The second-order valence-electron chi connectivity index (χ2n) is 5.45. The highest BCUT2D eigenvalue weighted by molar-refractivity contribution is 5.97. The van der Waals surface area contributed by atoms with Gasteiger partial charge in [0.05, 0.1) is 5.41 Å². The van der Waals surface area contributed by atoms with Gasteiger partial charge in [-0.05, 0) is 19.8 Å². The summed E-state index contributed by atoms with van der Waals surface area (Å²) in [6.45, 7) is 7.72. The number of hydrogen-bond acceptors (Lipinski definition) is 3. The molecular formula is C12H18O3. The molecule has 3 nitrogen and oxygen atoms in total. The maximum absolute atomic E-state index is 12.0. The number of esters is 1. The van der Waals surface area contributed by atoms with Gasteiger partial charge in [-0.2, -0.15) is 0 Å². The number of Topliss-reactive ketones (excluding diaryl/α,β-unsaturated/α-hetero) is 1. The number of carbonyl (C=O) groups is 2. The Labute approximate surface area is 90.2 Å². The Morgan fingerprint density at radius 1 is 1.33 bits per heavy atom. The number of rotatable bonds is 2. The lowest BCUT2D eigenvalue weighted by atomic mass is 9.65. The Kier molecular flexibility index (Phi) is 1.87. The van der Waals surface area contributed by atoms with Crippen molar-refractivity contribution in [2.45, 2.75) is 52.6 Å². The molecule has 0 aromatic rings. The van der Waals surface area contributed by atoms with Crippen molar-refractivity contribution < 1.29 is 14.3 Å². The van der Waals surface area contributed by atoms with Crippen molar-refractivity contribution in [1.29, 1.82) is 0 Å². The lowest BCUT2D eigenvalue weighted by Crippen LogP contribution is -2.47. The van der Waals surface area contributed by atoms with Crippen LogP contribution in [-0.2, 0) is 14.3 Å². The van der Waals surface area contributed by atoms with Gasteiger partial charge in [0.2, 0.25) is 0 Å². The van der Waals surface area contributed by atoms with Crippen LogP contribution in [0.2, 0.25) is 0 Å².